The van der Waals surface area contributed by atoms with E-state index in [-0.39, 0.29) is 29.3 Å². The van der Waals surface area contributed by atoms with Crippen molar-refractivity contribution in [2.45, 2.75) is 32.6 Å². The molecule has 21 heavy (non-hydrogen) atoms. The van der Waals surface area contributed by atoms with Crippen LogP contribution in [0.25, 0.3) is 0 Å². The van der Waals surface area contributed by atoms with Crippen LogP contribution in [0.2, 0.25) is 0 Å². The average molecular weight is 291 g/mol. The van der Waals surface area contributed by atoms with Gasteiger partial charge in [-0.1, -0.05) is 6.92 Å². The first-order chi connectivity index (χ1) is 10.1. The van der Waals surface area contributed by atoms with Crippen LogP contribution in [0.1, 0.15) is 32.6 Å². The number of amides is 2. The van der Waals surface area contributed by atoms with Crippen molar-refractivity contribution >= 4 is 17.6 Å². The summed E-state index contributed by atoms with van der Waals surface area (Å²) < 4.78 is 0. The van der Waals surface area contributed by atoms with Crippen LogP contribution in [0.3, 0.4) is 0 Å². The first-order valence-electron chi connectivity index (χ1n) is 7.34. The third kappa shape index (κ3) is 3.93. The number of nitrogens with one attached hydrogen (secondary N) is 1. The van der Waals surface area contributed by atoms with E-state index in [2.05, 4.69) is 10.3 Å². The molecule has 6 heteroatoms. The minimum atomic E-state index is -0.249. The zero-order valence-corrected chi connectivity index (χ0v) is 12.2. The Morgan fingerprint density at radius 1 is 1.52 bits per heavy atom. The van der Waals surface area contributed by atoms with Crippen LogP contribution in [0.5, 0.6) is 5.75 Å². The molecule has 1 fully saturated rings. The average Bonchev–Trinajstić information content (AvgIpc) is 2.50. The summed E-state index contributed by atoms with van der Waals surface area (Å²) in [5, 5.41) is 12.3. The number of piperidine rings is 1. The maximum Gasteiger partial charge on any atom is 0.230 e. The summed E-state index contributed by atoms with van der Waals surface area (Å²) in [5.74, 6) is -0.227. The van der Waals surface area contributed by atoms with Crippen molar-refractivity contribution in [3.63, 3.8) is 0 Å². The van der Waals surface area contributed by atoms with Crippen LogP contribution in [-0.2, 0) is 9.59 Å². The smallest absolute Gasteiger partial charge is 0.230 e. The van der Waals surface area contributed by atoms with E-state index in [0.717, 1.165) is 25.8 Å². The molecule has 0 saturated carbocycles. The molecule has 1 aromatic heterocycles. The van der Waals surface area contributed by atoms with Crippen LogP contribution in [0.15, 0.2) is 18.3 Å². The van der Waals surface area contributed by atoms with Gasteiger partial charge in [0, 0.05) is 25.7 Å². The van der Waals surface area contributed by atoms with Crippen LogP contribution in [0, 0.1) is 5.92 Å². The molecule has 1 saturated heterocycles. The van der Waals surface area contributed by atoms with Gasteiger partial charge in [-0.25, -0.2) is 4.98 Å². The van der Waals surface area contributed by atoms with Crippen molar-refractivity contribution in [1.82, 2.24) is 9.88 Å². The van der Waals surface area contributed by atoms with Gasteiger partial charge >= 0.3 is 0 Å². The lowest BCUT2D eigenvalue weighted by atomic mass is 9.96. The van der Waals surface area contributed by atoms with E-state index in [9.17, 15) is 14.7 Å². The van der Waals surface area contributed by atoms with Crippen molar-refractivity contribution in [1.29, 1.82) is 0 Å². The maximum atomic E-state index is 12.2. The Labute approximate surface area is 124 Å². The fourth-order valence-corrected chi connectivity index (χ4v) is 2.50. The summed E-state index contributed by atoms with van der Waals surface area (Å²) in [7, 11) is 0. The summed E-state index contributed by atoms with van der Waals surface area (Å²) in [5.41, 5.74) is 0. The van der Waals surface area contributed by atoms with E-state index in [0.29, 0.717) is 13.0 Å². The first-order valence-corrected chi connectivity index (χ1v) is 7.34. The second-order valence-corrected chi connectivity index (χ2v) is 5.29. The molecule has 1 unspecified atom stereocenters. The summed E-state index contributed by atoms with van der Waals surface area (Å²) >= 11 is 0. The van der Waals surface area contributed by atoms with Gasteiger partial charge in [0.05, 0.1) is 5.92 Å². The standard InChI is InChI=1S/C15H21N3O3/c1-2-5-13(20)18-9-4-6-11(10-18)15(21)17-14-12(19)7-3-8-16-14/h3,7-8,11,19H,2,4-6,9-10H2,1H3,(H,16,17,21). The van der Waals surface area contributed by atoms with Crippen molar-refractivity contribution in [2.24, 2.45) is 5.92 Å². The Hall–Kier alpha value is -2.11. The van der Waals surface area contributed by atoms with Crippen LogP contribution >= 0.6 is 0 Å². The van der Waals surface area contributed by atoms with Crippen LogP contribution in [-0.4, -0.2) is 39.9 Å². The number of hydrogen-bond donors (Lipinski definition) is 2. The molecular weight excluding hydrogens is 270 g/mol. The SMILES string of the molecule is CCCC(=O)N1CCCC(C(=O)Nc2ncccc2O)C1. The number of aromatic nitrogens is 1. The van der Waals surface area contributed by atoms with E-state index in [1.54, 1.807) is 11.0 Å². The van der Waals surface area contributed by atoms with Crippen molar-refractivity contribution < 1.29 is 14.7 Å². The minimum Gasteiger partial charge on any atom is -0.504 e. The van der Waals surface area contributed by atoms with Gasteiger partial charge in [-0.05, 0) is 31.4 Å². The molecule has 1 aliphatic heterocycles. The molecule has 0 spiro atoms. The highest BCUT2D eigenvalue weighted by Crippen LogP contribution is 2.22. The first kappa shape index (κ1) is 15.3. The molecule has 2 rings (SSSR count). The summed E-state index contributed by atoms with van der Waals surface area (Å²) in [6.07, 6.45) is 4.41. The molecule has 1 aromatic rings. The lowest BCUT2D eigenvalue weighted by Gasteiger charge is -2.32. The quantitative estimate of drug-likeness (QED) is 0.885. The number of hydrogen-bond acceptors (Lipinski definition) is 4. The zero-order valence-electron chi connectivity index (χ0n) is 12.2. The molecule has 0 aromatic carbocycles. The van der Waals surface area contributed by atoms with Crippen molar-refractivity contribution in [3.05, 3.63) is 18.3 Å². The molecule has 2 amide bonds. The van der Waals surface area contributed by atoms with Gasteiger partial charge < -0.3 is 15.3 Å². The number of aromatic hydroxyl groups is 1. The third-order valence-corrected chi connectivity index (χ3v) is 3.64. The highest BCUT2D eigenvalue weighted by molar-refractivity contribution is 5.93. The Bertz CT molecular complexity index is 519. The molecular formula is C15H21N3O3. The highest BCUT2D eigenvalue weighted by atomic mass is 16.3. The van der Waals surface area contributed by atoms with E-state index >= 15 is 0 Å². The minimum absolute atomic E-state index is 0.0550. The van der Waals surface area contributed by atoms with Gasteiger partial charge in [-0.2, -0.15) is 0 Å². The van der Waals surface area contributed by atoms with E-state index in [1.165, 1.54) is 12.3 Å². The molecule has 0 bridgehead atoms. The molecule has 2 heterocycles. The fraction of sp³-hybridized carbons (Fsp3) is 0.533. The number of carbonyl (C=O) groups excluding carboxylic acids is 2. The van der Waals surface area contributed by atoms with Crippen LogP contribution < -0.4 is 5.32 Å². The van der Waals surface area contributed by atoms with Gasteiger partial charge in [-0.15, -0.1) is 0 Å². The Morgan fingerprint density at radius 2 is 2.33 bits per heavy atom. The summed E-state index contributed by atoms with van der Waals surface area (Å²) in [4.78, 5) is 29.9. The molecule has 1 atom stereocenters. The predicted molar refractivity (Wildman–Crippen MR) is 78.7 cm³/mol. The summed E-state index contributed by atoms with van der Waals surface area (Å²) in [6, 6.07) is 3.07. The van der Waals surface area contributed by atoms with Gasteiger partial charge in [0.25, 0.3) is 0 Å². The third-order valence-electron chi connectivity index (χ3n) is 3.64. The van der Waals surface area contributed by atoms with Crippen molar-refractivity contribution in [2.75, 3.05) is 18.4 Å². The molecule has 0 radical (unpaired) electrons. The fourth-order valence-electron chi connectivity index (χ4n) is 2.50. The van der Waals surface area contributed by atoms with Gasteiger partial charge in [-0.3, -0.25) is 9.59 Å². The van der Waals surface area contributed by atoms with E-state index in [4.69, 9.17) is 0 Å². The monoisotopic (exact) mass is 291 g/mol. The van der Waals surface area contributed by atoms with Gasteiger partial charge in [0.15, 0.2) is 11.6 Å². The van der Waals surface area contributed by atoms with Gasteiger partial charge in [0.2, 0.25) is 11.8 Å². The van der Waals surface area contributed by atoms with Crippen LogP contribution in [0.4, 0.5) is 5.82 Å². The molecule has 114 valence electrons. The number of nitrogens with zero attached hydrogens (tertiary/aromatic N) is 2. The molecule has 2 N–H and O–H groups in total. The molecule has 1 aliphatic rings. The van der Waals surface area contributed by atoms with Crippen molar-refractivity contribution in [3.8, 4) is 5.75 Å². The second kappa shape index (κ2) is 7.06. The second-order valence-electron chi connectivity index (χ2n) is 5.29. The number of likely N-dealkylation sites (tertiary alicyclic amines) is 1. The highest BCUT2D eigenvalue weighted by Gasteiger charge is 2.28. The lowest BCUT2D eigenvalue weighted by Crippen LogP contribution is -2.43. The number of carbonyl (C=O) groups is 2. The maximum absolute atomic E-state index is 12.2. The largest absolute Gasteiger partial charge is 0.504 e. The topological polar surface area (TPSA) is 82.5 Å². The Balaban J connectivity index is 1.96. The lowest BCUT2D eigenvalue weighted by molar-refractivity contribution is -0.134. The zero-order chi connectivity index (χ0) is 15.2. The Kier molecular flexibility index (Phi) is 5.14. The van der Waals surface area contributed by atoms with E-state index < -0.39 is 0 Å². The predicted octanol–water partition coefficient (Wildman–Crippen LogP) is 1.76. The number of rotatable bonds is 4. The number of pyridine rings is 1. The summed E-state index contributed by atoms with van der Waals surface area (Å²) in [6.45, 7) is 3.13. The molecule has 0 aliphatic carbocycles. The van der Waals surface area contributed by atoms with E-state index in [1.807, 2.05) is 6.92 Å². The normalized spacial score (nSPS) is 18.3. The number of anilines is 1. The molecule has 6 nitrogen and oxygen atoms in total. The van der Waals surface area contributed by atoms with Gasteiger partial charge in [0.1, 0.15) is 0 Å². The Morgan fingerprint density at radius 3 is 3.05 bits per heavy atom.